The monoisotopic (exact) mass is 413 g/mol. The average molecular weight is 413 g/mol. The molecule has 0 fully saturated rings. The minimum atomic E-state index is -0.359. The van der Waals surface area contributed by atoms with E-state index in [-0.39, 0.29) is 24.0 Å². The van der Waals surface area contributed by atoms with Crippen molar-refractivity contribution in [3.8, 4) is 17.3 Å². The molecule has 3 aromatic rings. The van der Waals surface area contributed by atoms with E-state index in [1.165, 1.54) is 11.8 Å². The van der Waals surface area contributed by atoms with Crippen molar-refractivity contribution in [3.05, 3.63) is 48.4 Å². The summed E-state index contributed by atoms with van der Waals surface area (Å²) in [4.78, 5) is 32.1. The van der Waals surface area contributed by atoms with Gasteiger partial charge in [0.15, 0.2) is 11.0 Å². The van der Waals surface area contributed by atoms with Crippen molar-refractivity contribution in [2.24, 2.45) is 7.05 Å². The van der Waals surface area contributed by atoms with Gasteiger partial charge >= 0.3 is 0 Å². The minimum absolute atomic E-state index is 0.0647. The van der Waals surface area contributed by atoms with Crippen molar-refractivity contribution in [2.45, 2.75) is 11.6 Å². The SMILES string of the molecule is COc1ccc(CC(=O)NNC(=O)CSc2nnc(-c3cnccn3)n2C)cc1. The highest BCUT2D eigenvalue weighted by molar-refractivity contribution is 7.99. The Morgan fingerprint density at radius 3 is 2.55 bits per heavy atom. The Balaban J connectivity index is 1.45. The second-order valence-electron chi connectivity index (χ2n) is 5.87. The van der Waals surface area contributed by atoms with E-state index in [1.54, 1.807) is 61.6 Å². The van der Waals surface area contributed by atoms with Crippen molar-refractivity contribution in [2.75, 3.05) is 12.9 Å². The molecule has 2 N–H and O–H groups in total. The number of benzene rings is 1. The number of nitrogens with one attached hydrogen (secondary N) is 2. The molecule has 0 unspecified atom stereocenters. The number of hydrogen-bond acceptors (Lipinski definition) is 8. The van der Waals surface area contributed by atoms with Crippen molar-refractivity contribution >= 4 is 23.6 Å². The van der Waals surface area contributed by atoms with Crippen LogP contribution in [0.1, 0.15) is 5.56 Å². The maximum Gasteiger partial charge on any atom is 0.248 e. The number of thioether (sulfide) groups is 1. The fraction of sp³-hybridized carbons (Fsp3) is 0.222. The molecule has 29 heavy (non-hydrogen) atoms. The minimum Gasteiger partial charge on any atom is -0.497 e. The number of nitrogens with zero attached hydrogens (tertiary/aromatic N) is 5. The van der Waals surface area contributed by atoms with Crippen LogP contribution in [0.4, 0.5) is 0 Å². The molecule has 2 aromatic heterocycles. The standard InChI is InChI=1S/C18H19N7O3S/c1-25-17(14-10-19-7-8-20-14)23-24-18(25)29-11-16(27)22-21-15(26)9-12-3-5-13(28-2)6-4-12/h3-8,10H,9,11H2,1-2H3,(H,21,26)(H,22,27). The number of ether oxygens (including phenoxy) is 1. The smallest absolute Gasteiger partial charge is 0.248 e. The Morgan fingerprint density at radius 2 is 1.86 bits per heavy atom. The highest BCUT2D eigenvalue weighted by Gasteiger charge is 2.14. The maximum absolute atomic E-state index is 12.0. The molecule has 2 heterocycles. The molecule has 10 nitrogen and oxygen atoms in total. The summed E-state index contributed by atoms with van der Waals surface area (Å²) in [5.74, 6) is 0.647. The molecule has 0 aliphatic heterocycles. The quantitative estimate of drug-likeness (QED) is 0.430. The number of hydrogen-bond donors (Lipinski definition) is 2. The van der Waals surface area contributed by atoms with E-state index in [0.717, 1.165) is 5.56 Å². The number of aromatic nitrogens is 5. The Morgan fingerprint density at radius 1 is 1.10 bits per heavy atom. The van der Waals surface area contributed by atoms with E-state index < -0.39 is 0 Å². The molecule has 3 rings (SSSR count). The Hall–Kier alpha value is -3.47. The summed E-state index contributed by atoms with van der Waals surface area (Å²) in [7, 11) is 3.35. The molecule has 0 spiro atoms. The summed E-state index contributed by atoms with van der Waals surface area (Å²) in [5, 5.41) is 8.68. The van der Waals surface area contributed by atoms with E-state index in [9.17, 15) is 9.59 Å². The lowest BCUT2D eigenvalue weighted by atomic mass is 10.1. The molecule has 0 saturated heterocycles. The van der Waals surface area contributed by atoms with E-state index >= 15 is 0 Å². The first-order valence-corrected chi connectivity index (χ1v) is 9.54. The van der Waals surface area contributed by atoms with Crippen molar-refractivity contribution < 1.29 is 14.3 Å². The summed E-state index contributed by atoms with van der Waals surface area (Å²) < 4.78 is 6.80. The lowest BCUT2D eigenvalue weighted by Gasteiger charge is -2.08. The van der Waals surface area contributed by atoms with Crippen LogP contribution in [0.25, 0.3) is 11.5 Å². The summed E-state index contributed by atoms with van der Waals surface area (Å²) >= 11 is 1.19. The van der Waals surface area contributed by atoms with Gasteiger partial charge in [0.2, 0.25) is 11.8 Å². The third-order valence-electron chi connectivity index (χ3n) is 3.82. The number of methoxy groups -OCH3 is 1. The third-order valence-corrected chi connectivity index (χ3v) is 4.84. The normalized spacial score (nSPS) is 10.4. The van der Waals surface area contributed by atoms with Crippen molar-refractivity contribution in [1.82, 2.24) is 35.6 Å². The first kappa shape index (κ1) is 20.3. The van der Waals surface area contributed by atoms with Crippen molar-refractivity contribution in [3.63, 3.8) is 0 Å². The molecule has 0 saturated carbocycles. The van der Waals surface area contributed by atoms with E-state index in [1.807, 2.05) is 0 Å². The van der Waals surface area contributed by atoms with Gasteiger partial charge in [-0.1, -0.05) is 23.9 Å². The van der Waals surface area contributed by atoms with Crippen LogP contribution in [0, 0.1) is 0 Å². The van der Waals surface area contributed by atoms with Crippen LogP contribution >= 0.6 is 11.8 Å². The molecule has 0 bridgehead atoms. The zero-order chi connectivity index (χ0) is 20.6. The molecule has 150 valence electrons. The number of carbonyl (C=O) groups is 2. The van der Waals surface area contributed by atoms with Crippen LogP contribution < -0.4 is 15.6 Å². The molecular weight excluding hydrogens is 394 g/mol. The number of carbonyl (C=O) groups excluding carboxylic acids is 2. The van der Waals surface area contributed by atoms with Gasteiger partial charge in [0, 0.05) is 19.4 Å². The first-order valence-electron chi connectivity index (χ1n) is 8.56. The second kappa shape index (κ2) is 9.64. The van der Waals surface area contributed by atoms with Gasteiger partial charge in [-0.25, -0.2) is 4.98 Å². The van der Waals surface area contributed by atoms with Crippen molar-refractivity contribution in [1.29, 1.82) is 0 Å². The van der Waals surface area contributed by atoms with Crippen LogP contribution in [0.5, 0.6) is 5.75 Å². The van der Waals surface area contributed by atoms with Gasteiger partial charge in [-0.3, -0.25) is 25.4 Å². The summed E-state index contributed by atoms with van der Waals surface area (Å²) in [6.07, 6.45) is 4.87. The van der Waals surface area contributed by atoms with E-state index in [4.69, 9.17) is 4.74 Å². The number of amides is 2. The zero-order valence-corrected chi connectivity index (χ0v) is 16.6. The highest BCUT2D eigenvalue weighted by Crippen LogP contribution is 2.20. The van der Waals surface area contributed by atoms with Crippen LogP contribution in [-0.4, -0.2) is 49.4 Å². The van der Waals surface area contributed by atoms with Crippen LogP contribution in [0.3, 0.4) is 0 Å². The van der Waals surface area contributed by atoms with Gasteiger partial charge in [-0.05, 0) is 17.7 Å². The summed E-state index contributed by atoms with van der Waals surface area (Å²) in [5.41, 5.74) is 6.18. The number of rotatable bonds is 7. The molecule has 2 amide bonds. The molecule has 1 aromatic carbocycles. The second-order valence-corrected chi connectivity index (χ2v) is 6.81. The third kappa shape index (κ3) is 5.51. The van der Waals surface area contributed by atoms with E-state index in [2.05, 4.69) is 31.0 Å². The molecule has 0 aliphatic rings. The van der Waals surface area contributed by atoms with Gasteiger partial charge in [0.1, 0.15) is 11.4 Å². The summed E-state index contributed by atoms with van der Waals surface area (Å²) in [6.45, 7) is 0. The zero-order valence-electron chi connectivity index (χ0n) is 15.8. The van der Waals surface area contributed by atoms with Gasteiger partial charge in [-0.2, -0.15) is 0 Å². The van der Waals surface area contributed by atoms with Gasteiger partial charge in [-0.15, -0.1) is 10.2 Å². The number of hydrazine groups is 1. The van der Waals surface area contributed by atoms with E-state index in [0.29, 0.717) is 22.4 Å². The van der Waals surface area contributed by atoms with Crippen LogP contribution in [0.15, 0.2) is 48.0 Å². The fourth-order valence-corrected chi connectivity index (χ4v) is 3.07. The highest BCUT2D eigenvalue weighted by atomic mass is 32.2. The first-order chi connectivity index (χ1) is 14.1. The topological polar surface area (TPSA) is 124 Å². The predicted octanol–water partition coefficient (Wildman–Crippen LogP) is 0.763. The molecule has 0 radical (unpaired) electrons. The lowest BCUT2D eigenvalue weighted by Crippen LogP contribution is -2.43. The molecular formula is C18H19N7O3S. The maximum atomic E-state index is 12.0. The molecule has 0 atom stereocenters. The van der Waals surface area contributed by atoms with Crippen LogP contribution in [0.2, 0.25) is 0 Å². The van der Waals surface area contributed by atoms with Crippen LogP contribution in [-0.2, 0) is 23.1 Å². The predicted molar refractivity (Wildman–Crippen MR) is 106 cm³/mol. The molecule has 11 heteroatoms. The van der Waals surface area contributed by atoms with Gasteiger partial charge in [0.05, 0.1) is 25.5 Å². The molecule has 0 aliphatic carbocycles. The lowest BCUT2D eigenvalue weighted by molar-refractivity contribution is -0.127. The Kier molecular flexibility index (Phi) is 6.74. The average Bonchev–Trinajstić information content (AvgIpc) is 3.12. The van der Waals surface area contributed by atoms with Gasteiger partial charge < -0.3 is 9.30 Å². The van der Waals surface area contributed by atoms with Gasteiger partial charge in [0.25, 0.3) is 0 Å². The fourth-order valence-electron chi connectivity index (χ4n) is 2.36. The Bertz CT molecular complexity index is 977. The largest absolute Gasteiger partial charge is 0.497 e. The Labute approximate surface area is 171 Å². The summed E-state index contributed by atoms with van der Waals surface area (Å²) in [6, 6.07) is 7.12.